The van der Waals surface area contributed by atoms with Gasteiger partial charge in [0.05, 0.1) is 6.54 Å². The van der Waals surface area contributed by atoms with Gasteiger partial charge in [0, 0.05) is 5.69 Å². The van der Waals surface area contributed by atoms with Crippen LogP contribution in [0.15, 0.2) is 22.8 Å². The zero-order valence-corrected chi connectivity index (χ0v) is 12.3. The minimum Gasteiger partial charge on any atom is -0.344 e. The van der Waals surface area contributed by atoms with Gasteiger partial charge in [-0.15, -0.1) is 0 Å². The molecule has 2 aromatic rings. The Hall–Kier alpha value is -1.13. The van der Waals surface area contributed by atoms with Gasteiger partial charge >= 0.3 is 0 Å². The average Bonchev–Trinajstić information content (AvgIpc) is 2.71. The van der Waals surface area contributed by atoms with Crippen LogP contribution in [0.25, 0.3) is 0 Å². The number of benzene rings is 1. The third-order valence-corrected chi connectivity index (χ3v) is 3.78. The second-order valence-corrected chi connectivity index (χ2v) is 5.34. The summed E-state index contributed by atoms with van der Waals surface area (Å²) in [5.41, 5.74) is 10.7. The SMILES string of the molecule is Cc1ccc(C)c(CCc2[nH]c(CN)nc2Br)c1. The topological polar surface area (TPSA) is 54.7 Å². The van der Waals surface area contributed by atoms with Crippen LogP contribution in [-0.2, 0) is 19.4 Å². The monoisotopic (exact) mass is 307 g/mol. The molecule has 0 fully saturated rings. The van der Waals surface area contributed by atoms with E-state index in [2.05, 4.69) is 57.9 Å². The minimum atomic E-state index is 0.447. The first-order valence-electron chi connectivity index (χ1n) is 6.09. The molecule has 1 heterocycles. The number of nitrogens with zero attached hydrogens (tertiary/aromatic N) is 1. The Morgan fingerprint density at radius 3 is 2.72 bits per heavy atom. The van der Waals surface area contributed by atoms with Crippen molar-refractivity contribution in [1.82, 2.24) is 9.97 Å². The maximum Gasteiger partial charge on any atom is 0.127 e. The van der Waals surface area contributed by atoms with Crippen molar-refractivity contribution in [3.8, 4) is 0 Å². The molecule has 0 aliphatic carbocycles. The molecule has 0 bridgehead atoms. The van der Waals surface area contributed by atoms with Crippen LogP contribution in [0.4, 0.5) is 0 Å². The fourth-order valence-corrected chi connectivity index (χ4v) is 2.54. The van der Waals surface area contributed by atoms with Crippen LogP contribution in [0.2, 0.25) is 0 Å². The number of H-pyrrole nitrogens is 1. The summed E-state index contributed by atoms with van der Waals surface area (Å²) in [5, 5.41) is 0. The number of halogens is 1. The number of nitrogens with two attached hydrogens (primary N) is 1. The molecular formula is C14H18BrN3. The Morgan fingerprint density at radius 2 is 2.06 bits per heavy atom. The summed E-state index contributed by atoms with van der Waals surface area (Å²) in [6, 6.07) is 6.58. The van der Waals surface area contributed by atoms with Crippen LogP contribution in [0.3, 0.4) is 0 Å². The fraction of sp³-hybridized carbons (Fsp3) is 0.357. The highest BCUT2D eigenvalue weighted by atomic mass is 79.9. The third kappa shape index (κ3) is 3.00. The molecule has 3 nitrogen and oxygen atoms in total. The van der Waals surface area contributed by atoms with Crippen molar-refractivity contribution in [1.29, 1.82) is 0 Å². The van der Waals surface area contributed by atoms with E-state index in [0.717, 1.165) is 29.0 Å². The minimum absolute atomic E-state index is 0.447. The first-order valence-corrected chi connectivity index (χ1v) is 6.89. The van der Waals surface area contributed by atoms with Crippen LogP contribution in [0.1, 0.15) is 28.2 Å². The lowest BCUT2D eigenvalue weighted by molar-refractivity contribution is 0.888. The highest BCUT2D eigenvalue weighted by Gasteiger charge is 2.07. The molecule has 1 aromatic heterocycles. The van der Waals surface area contributed by atoms with E-state index in [1.54, 1.807) is 0 Å². The van der Waals surface area contributed by atoms with Crippen molar-refractivity contribution in [2.45, 2.75) is 33.2 Å². The number of aryl methyl sites for hydroxylation is 4. The van der Waals surface area contributed by atoms with Gasteiger partial charge in [0.25, 0.3) is 0 Å². The lowest BCUT2D eigenvalue weighted by Crippen LogP contribution is -1.99. The second-order valence-electron chi connectivity index (χ2n) is 4.59. The van der Waals surface area contributed by atoms with Crippen molar-refractivity contribution in [3.63, 3.8) is 0 Å². The summed E-state index contributed by atoms with van der Waals surface area (Å²) < 4.78 is 0.883. The molecule has 0 spiro atoms. The molecule has 0 saturated carbocycles. The number of aromatic nitrogens is 2. The first kappa shape index (κ1) is 13.3. The maximum absolute atomic E-state index is 5.57. The third-order valence-electron chi connectivity index (χ3n) is 3.12. The van der Waals surface area contributed by atoms with Crippen LogP contribution in [0.5, 0.6) is 0 Å². The molecule has 0 amide bonds. The van der Waals surface area contributed by atoms with E-state index in [-0.39, 0.29) is 0 Å². The van der Waals surface area contributed by atoms with Gasteiger partial charge in [0.1, 0.15) is 10.4 Å². The van der Waals surface area contributed by atoms with Gasteiger partial charge in [0.2, 0.25) is 0 Å². The highest BCUT2D eigenvalue weighted by Crippen LogP contribution is 2.18. The van der Waals surface area contributed by atoms with E-state index in [0.29, 0.717) is 6.54 Å². The summed E-state index contributed by atoms with van der Waals surface area (Å²) in [6.45, 7) is 4.73. The molecule has 0 aliphatic rings. The number of nitrogens with one attached hydrogen (secondary N) is 1. The number of hydrogen-bond donors (Lipinski definition) is 2. The smallest absolute Gasteiger partial charge is 0.127 e. The maximum atomic E-state index is 5.57. The average molecular weight is 308 g/mol. The summed E-state index contributed by atoms with van der Waals surface area (Å²) in [5.74, 6) is 0.831. The van der Waals surface area contributed by atoms with E-state index < -0.39 is 0 Å². The number of aromatic amines is 1. The number of rotatable bonds is 4. The molecule has 18 heavy (non-hydrogen) atoms. The summed E-state index contributed by atoms with van der Waals surface area (Å²) >= 11 is 3.47. The van der Waals surface area contributed by atoms with E-state index in [1.165, 1.54) is 16.7 Å². The zero-order valence-electron chi connectivity index (χ0n) is 10.8. The Labute approximate surface area is 116 Å². The molecule has 4 heteroatoms. The molecule has 3 N–H and O–H groups in total. The van der Waals surface area contributed by atoms with Crippen LogP contribution in [0, 0.1) is 13.8 Å². The fourth-order valence-electron chi connectivity index (χ4n) is 2.03. The van der Waals surface area contributed by atoms with E-state index in [4.69, 9.17) is 5.73 Å². The van der Waals surface area contributed by atoms with Crippen molar-refractivity contribution in [3.05, 3.63) is 51.0 Å². The van der Waals surface area contributed by atoms with Gasteiger partial charge in [-0.25, -0.2) is 4.98 Å². The van der Waals surface area contributed by atoms with E-state index >= 15 is 0 Å². The molecule has 0 unspecified atom stereocenters. The Morgan fingerprint density at radius 1 is 1.28 bits per heavy atom. The largest absolute Gasteiger partial charge is 0.344 e. The zero-order chi connectivity index (χ0) is 13.1. The molecule has 96 valence electrons. The van der Waals surface area contributed by atoms with Crippen molar-refractivity contribution < 1.29 is 0 Å². The Kier molecular flexibility index (Phi) is 4.19. The molecule has 2 rings (SSSR count). The molecule has 0 atom stereocenters. The predicted octanol–water partition coefficient (Wildman–Crippen LogP) is 3.03. The molecule has 1 aromatic carbocycles. The van der Waals surface area contributed by atoms with E-state index in [1.807, 2.05) is 0 Å². The van der Waals surface area contributed by atoms with Crippen molar-refractivity contribution >= 4 is 15.9 Å². The van der Waals surface area contributed by atoms with Crippen LogP contribution in [-0.4, -0.2) is 9.97 Å². The van der Waals surface area contributed by atoms with Gasteiger partial charge in [-0.2, -0.15) is 0 Å². The first-order chi connectivity index (χ1) is 8.60. The van der Waals surface area contributed by atoms with Gasteiger partial charge < -0.3 is 10.7 Å². The molecule has 0 radical (unpaired) electrons. The number of imidazole rings is 1. The van der Waals surface area contributed by atoms with E-state index in [9.17, 15) is 0 Å². The van der Waals surface area contributed by atoms with Crippen molar-refractivity contribution in [2.75, 3.05) is 0 Å². The summed E-state index contributed by atoms with van der Waals surface area (Å²) in [4.78, 5) is 7.57. The molecule has 0 saturated heterocycles. The summed E-state index contributed by atoms with van der Waals surface area (Å²) in [6.07, 6.45) is 1.95. The van der Waals surface area contributed by atoms with Gasteiger partial charge in [-0.1, -0.05) is 23.8 Å². The Balaban J connectivity index is 2.11. The quantitative estimate of drug-likeness (QED) is 0.912. The second kappa shape index (κ2) is 5.67. The highest BCUT2D eigenvalue weighted by molar-refractivity contribution is 9.10. The van der Waals surface area contributed by atoms with Gasteiger partial charge in [0.15, 0.2) is 0 Å². The summed E-state index contributed by atoms with van der Waals surface area (Å²) in [7, 11) is 0. The molecular weight excluding hydrogens is 290 g/mol. The van der Waals surface area contributed by atoms with Crippen LogP contribution < -0.4 is 5.73 Å². The van der Waals surface area contributed by atoms with Gasteiger partial charge in [-0.05, 0) is 53.7 Å². The molecule has 0 aliphatic heterocycles. The lowest BCUT2D eigenvalue weighted by atomic mass is 10.0. The van der Waals surface area contributed by atoms with Gasteiger partial charge in [-0.3, -0.25) is 0 Å². The Bertz CT molecular complexity index is 546. The lowest BCUT2D eigenvalue weighted by Gasteiger charge is -2.06. The number of hydrogen-bond acceptors (Lipinski definition) is 2. The van der Waals surface area contributed by atoms with Crippen LogP contribution >= 0.6 is 15.9 Å². The standard InChI is InChI=1S/C14H18BrN3/c1-9-3-4-10(2)11(7-9)5-6-12-14(15)18-13(8-16)17-12/h3-4,7H,5-6,8,16H2,1-2H3,(H,17,18). The van der Waals surface area contributed by atoms with Crippen molar-refractivity contribution in [2.24, 2.45) is 5.73 Å². The predicted molar refractivity (Wildman–Crippen MR) is 77.5 cm³/mol. The normalized spacial score (nSPS) is 10.9.